The van der Waals surface area contributed by atoms with Crippen LogP contribution >= 0.6 is 0 Å². The fraction of sp³-hybridized carbons (Fsp3) is 0.333. The molecule has 4 N–H and O–H groups in total. The Labute approximate surface area is 97.0 Å². The highest BCUT2D eigenvalue weighted by molar-refractivity contribution is 5.50. The Morgan fingerprint density at radius 1 is 1.12 bits per heavy atom. The lowest BCUT2D eigenvalue weighted by Crippen LogP contribution is -1.84. The number of nitrogen functional groups attached to an aromatic ring is 1. The lowest BCUT2D eigenvalue weighted by atomic mass is 10.3. The number of hydrogen-bond donors (Lipinski definition) is 3. The van der Waals surface area contributed by atoms with Crippen molar-refractivity contribution in [2.75, 3.05) is 18.9 Å². The summed E-state index contributed by atoms with van der Waals surface area (Å²) >= 11 is 0. The molecule has 0 saturated heterocycles. The molecule has 0 atom stereocenters. The van der Waals surface area contributed by atoms with Gasteiger partial charge in [-0.3, -0.25) is 0 Å². The second kappa shape index (κ2) is 11.4. The Kier molecular flexibility index (Phi) is 11.9. The van der Waals surface area contributed by atoms with Crippen LogP contribution < -0.4 is 5.73 Å². The monoisotopic (exact) mass is 227 g/mol. The van der Waals surface area contributed by atoms with Crippen molar-refractivity contribution in [1.82, 2.24) is 0 Å². The number of hydrogen-bond acceptors (Lipinski definition) is 4. The molecule has 4 nitrogen and oxygen atoms in total. The maximum absolute atomic E-state index is 8.77. The zero-order valence-corrected chi connectivity index (χ0v) is 9.94. The highest BCUT2D eigenvalue weighted by Crippen LogP contribution is 2.25. The first-order chi connectivity index (χ1) is 7.61. The predicted octanol–water partition coefficient (Wildman–Crippen LogP) is 2.53. The summed E-state index contributed by atoms with van der Waals surface area (Å²) in [4.78, 5) is 0. The number of benzene rings is 1. The zero-order valence-electron chi connectivity index (χ0n) is 9.94. The zero-order chi connectivity index (χ0) is 13.0. The van der Waals surface area contributed by atoms with E-state index in [4.69, 9.17) is 20.7 Å². The third-order valence-corrected chi connectivity index (χ3v) is 1.41. The van der Waals surface area contributed by atoms with Gasteiger partial charge in [0.2, 0.25) is 0 Å². The van der Waals surface area contributed by atoms with E-state index in [1.165, 1.54) is 18.2 Å². The summed E-state index contributed by atoms with van der Waals surface area (Å²) in [6.07, 6.45) is 0. The Morgan fingerprint density at radius 2 is 1.62 bits per heavy atom. The van der Waals surface area contributed by atoms with E-state index in [9.17, 15) is 0 Å². The first-order valence-corrected chi connectivity index (χ1v) is 4.97. The normalized spacial score (nSPS) is 8.12. The van der Waals surface area contributed by atoms with Gasteiger partial charge < -0.3 is 20.7 Å². The van der Waals surface area contributed by atoms with E-state index in [2.05, 4.69) is 13.2 Å². The smallest absolute Gasteiger partial charge is 0.159 e. The summed E-state index contributed by atoms with van der Waals surface area (Å²) in [5, 5.41) is 17.5. The first kappa shape index (κ1) is 16.7. The number of phenols is 2. The molecule has 0 amide bonds. The Bertz CT molecular complexity index is 275. The van der Waals surface area contributed by atoms with Crippen molar-refractivity contribution < 1.29 is 14.9 Å². The minimum atomic E-state index is -0.185. The van der Waals surface area contributed by atoms with Gasteiger partial charge in [0, 0.05) is 25.0 Å². The van der Waals surface area contributed by atoms with Gasteiger partial charge in [0.15, 0.2) is 11.5 Å². The van der Waals surface area contributed by atoms with Crippen molar-refractivity contribution in [2.45, 2.75) is 13.8 Å². The average Bonchev–Trinajstić information content (AvgIpc) is 2.29. The molecule has 0 fully saturated rings. The highest BCUT2D eigenvalue weighted by Gasteiger charge is 1.95. The summed E-state index contributed by atoms with van der Waals surface area (Å²) < 4.78 is 4.83. The molecule has 92 valence electrons. The molecule has 0 radical (unpaired) electrons. The van der Waals surface area contributed by atoms with Crippen molar-refractivity contribution in [2.24, 2.45) is 0 Å². The van der Waals surface area contributed by atoms with Crippen molar-refractivity contribution in [3.63, 3.8) is 0 Å². The van der Waals surface area contributed by atoms with E-state index in [-0.39, 0.29) is 11.5 Å². The number of ether oxygens (including phenoxy) is 1. The quantitative estimate of drug-likeness (QED) is 0.314. The average molecular weight is 227 g/mol. The molecule has 0 spiro atoms. The van der Waals surface area contributed by atoms with Gasteiger partial charge in [0.1, 0.15) is 0 Å². The van der Waals surface area contributed by atoms with Crippen LogP contribution in [-0.4, -0.2) is 23.4 Å². The molecule has 0 saturated carbocycles. The number of anilines is 1. The summed E-state index contributed by atoms with van der Waals surface area (Å²) in [6, 6.07) is 4.13. The third-order valence-electron chi connectivity index (χ3n) is 1.41. The van der Waals surface area contributed by atoms with Crippen LogP contribution in [0, 0.1) is 0 Å². The largest absolute Gasteiger partial charge is 0.504 e. The van der Waals surface area contributed by atoms with Crippen LogP contribution in [0.5, 0.6) is 11.5 Å². The second-order valence-electron chi connectivity index (χ2n) is 2.53. The van der Waals surface area contributed by atoms with E-state index >= 15 is 0 Å². The van der Waals surface area contributed by atoms with E-state index in [0.29, 0.717) is 5.69 Å². The molecule has 0 unspecified atom stereocenters. The molecule has 0 aliphatic heterocycles. The maximum Gasteiger partial charge on any atom is 0.159 e. The highest BCUT2D eigenvalue weighted by atomic mass is 16.5. The van der Waals surface area contributed by atoms with Crippen molar-refractivity contribution in [3.05, 3.63) is 31.4 Å². The van der Waals surface area contributed by atoms with Gasteiger partial charge in [0.25, 0.3) is 0 Å². The van der Waals surface area contributed by atoms with E-state index in [1.54, 1.807) is 0 Å². The van der Waals surface area contributed by atoms with Gasteiger partial charge in [-0.15, -0.1) is 13.2 Å². The molecule has 16 heavy (non-hydrogen) atoms. The molecule has 0 bridgehead atoms. The molecule has 0 aromatic heterocycles. The van der Waals surface area contributed by atoms with Crippen LogP contribution in [0.1, 0.15) is 13.8 Å². The molecular formula is C12H21NO3. The Morgan fingerprint density at radius 3 is 1.88 bits per heavy atom. The summed E-state index contributed by atoms with van der Waals surface area (Å²) in [6.45, 7) is 11.7. The lowest BCUT2D eigenvalue weighted by Gasteiger charge is -1.95. The van der Waals surface area contributed by atoms with Gasteiger partial charge in [0.05, 0.1) is 0 Å². The van der Waals surface area contributed by atoms with Crippen LogP contribution in [0.25, 0.3) is 0 Å². The molecular weight excluding hydrogens is 206 g/mol. The van der Waals surface area contributed by atoms with Gasteiger partial charge >= 0.3 is 0 Å². The molecule has 0 aliphatic carbocycles. The standard InChI is InChI=1S/C6H7NO2.C4H10O.C2H4/c7-4-1-2-5(8)6(9)3-4;1-3-5-4-2;1-2/h1-3,8-9H,7H2;3-4H2,1-2H3;1-2H2. The van der Waals surface area contributed by atoms with Crippen molar-refractivity contribution in [1.29, 1.82) is 0 Å². The van der Waals surface area contributed by atoms with Gasteiger partial charge in [-0.05, 0) is 26.0 Å². The molecule has 1 aromatic carbocycles. The van der Waals surface area contributed by atoms with E-state index in [1.807, 2.05) is 13.8 Å². The predicted molar refractivity (Wildman–Crippen MR) is 67.6 cm³/mol. The van der Waals surface area contributed by atoms with Crippen molar-refractivity contribution in [3.8, 4) is 11.5 Å². The molecule has 0 aliphatic rings. The fourth-order valence-corrected chi connectivity index (χ4v) is 0.745. The lowest BCUT2D eigenvalue weighted by molar-refractivity contribution is 0.162. The van der Waals surface area contributed by atoms with Crippen molar-refractivity contribution >= 4 is 5.69 Å². The molecule has 1 rings (SSSR count). The maximum atomic E-state index is 8.77. The minimum Gasteiger partial charge on any atom is -0.504 e. The van der Waals surface area contributed by atoms with Crippen LogP contribution in [0.15, 0.2) is 31.4 Å². The SMILES string of the molecule is C=C.CCOCC.Nc1ccc(O)c(O)c1. The second-order valence-corrected chi connectivity index (χ2v) is 2.53. The van der Waals surface area contributed by atoms with Crippen LogP contribution in [0.4, 0.5) is 5.69 Å². The third kappa shape index (κ3) is 8.90. The van der Waals surface area contributed by atoms with Gasteiger partial charge in [-0.2, -0.15) is 0 Å². The first-order valence-electron chi connectivity index (χ1n) is 4.97. The Balaban J connectivity index is 0. The van der Waals surface area contributed by atoms with Gasteiger partial charge in [-0.1, -0.05) is 0 Å². The molecule has 1 aromatic rings. The van der Waals surface area contributed by atoms with Crippen LogP contribution in [-0.2, 0) is 4.74 Å². The van der Waals surface area contributed by atoms with Crippen LogP contribution in [0.3, 0.4) is 0 Å². The minimum absolute atomic E-state index is 0.149. The number of phenolic OH excluding ortho intramolecular Hbond substituents is 2. The fourth-order valence-electron chi connectivity index (χ4n) is 0.745. The number of nitrogens with two attached hydrogens (primary N) is 1. The molecule has 0 heterocycles. The number of rotatable bonds is 2. The van der Waals surface area contributed by atoms with E-state index < -0.39 is 0 Å². The summed E-state index contributed by atoms with van der Waals surface area (Å²) in [5.41, 5.74) is 5.69. The summed E-state index contributed by atoms with van der Waals surface area (Å²) in [5.74, 6) is -0.334. The molecule has 4 heteroatoms. The summed E-state index contributed by atoms with van der Waals surface area (Å²) in [7, 11) is 0. The van der Waals surface area contributed by atoms with Gasteiger partial charge in [-0.25, -0.2) is 0 Å². The number of aromatic hydroxyl groups is 2. The topological polar surface area (TPSA) is 75.7 Å². The Hall–Kier alpha value is -1.68. The van der Waals surface area contributed by atoms with E-state index in [0.717, 1.165) is 13.2 Å². The van der Waals surface area contributed by atoms with Crippen LogP contribution in [0.2, 0.25) is 0 Å².